The van der Waals surface area contributed by atoms with E-state index in [1.54, 1.807) is 0 Å². The Balaban J connectivity index is 2.68. The van der Waals surface area contributed by atoms with Gasteiger partial charge in [0.2, 0.25) is 0 Å². The molecule has 0 saturated carbocycles. The summed E-state index contributed by atoms with van der Waals surface area (Å²) < 4.78 is 0. The minimum atomic E-state index is 0.185. The van der Waals surface area contributed by atoms with Crippen molar-refractivity contribution in [3.8, 4) is 0 Å². The summed E-state index contributed by atoms with van der Waals surface area (Å²) in [6, 6.07) is 5.79. The van der Waals surface area contributed by atoms with Crippen LogP contribution in [-0.2, 0) is 6.42 Å². The first-order valence-corrected chi connectivity index (χ1v) is 7.87. The molecule has 0 amide bonds. The van der Waals surface area contributed by atoms with Gasteiger partial charge in [0.1, 0.15) is 0 Å². The van der Waals surface area contributed by atoms with Gasteiger partial charge in [-0.05, 0) is 48.3 Å². The van der Waals surface area contributed by atoms with Gasteiger partial charge in [0.15, 0.2) is 0 Å². The van der Waals surface area contributed by atoms with Crippen LogP contribution in [-0.4, -0.2) is 6.04 Å². The highest BCUT2D eigenvalue weighted by atomic mass is 35.5. The van der Waals surface area contributed by atoms with Crippen molar-refractivity contribution >= 4 is 23.2 Å². The summed E-state index contributed by atoms with van der Waals surface area (Å²) >= 11 is 12.4. The normalized spacial score (nSPS) is 15.2. The molecule has 4 heteroatoms. The largest absolute Gasteiger partial charge is 0.271 e. The number of benzene rings is 1. The lowest BCUT2D eigenvalue weighted by molar-refractivity contribution is 0.274. The Kier molecular flexibility index (Phi) is 6.80. The Hall–Kier alpha value is -0.280. The maximum atomic E-state index is 6.22. The SMILES string of the molecule is CC(CC(Cc1c(Cl)cccc1Cl)NN)CC(C)(C)C. The zero-order chi connectivity index (χ0) is 15.3. The zero-order valence-corrected chi connectivity index (χ0v) is 14.4. The lowest BCUT2D eigenvalue weighted by Gasteiger charge is -2.26. The van der Waals surface area contributed by atoms with Crippen LogP contribution in [0.1, 0.15) is 46.1 Å². The lowest BCUT2D eigenvalue weighted by Crippen LogP contribution is -2.38. The van der Waals surface area contributed by atoms with Crippen LogP contribution in [0.5, 0.6) is 0 Å². The molecule has 0 aliphatic heterocycles. The van der Waals surface area contributed by atoms with Crippen molar-refractivity contribution < 1.29 is 0 Å². The van der Waals surface area contributed by atoms with E-state index >= 15 is 0 Å². The topological polar surface area (TPSA) is 38.0 Å². The van der Waals surface area contributed by atoms with E-state index in [0.29, 0.717) is 21.4 Å². The van der Waals surface area contributed by atoms with Crippen molar-refractivity contribution in [2.45, 2.75) is 53.0 Å². The Morgan fingerprint density at radius 1 is 1.20 bits per heavy atom. The van der Waals surface area contributed by atoms with Gasteiger partial charge in [-0.2, -0.15) is 0 Å². The summed E-state index contributed by atoms with van der Waals surface area (Å²) in [5, 5.41) is 1.42. The van der Waals surface area contributed by atoms with E-state index in [2.05, 4.69) is 33.1 Å². The second-order valence-corrected chi connectivity index (χ2v) is 7.69. The van der Waals surface area contributed by atoms with E-state index in [4.69, 9.17) is 29.0 Å². The maximum absolute atomic E-state index is 6.22. The number of hydrazine groups is 1. The van der Waals surface area contributed by atoms with Crippen molar-refractivity contribution in [2.75, 3.05) is 0 Å². The summed E-state index contributed by atoms with van der Waals surface area (Å²) in [6.07, 6.45) is 2.93. The van der Waals surface area contributed by atoms with Crippen molar-refractivity contribution in [3.63, 3.8) is 0 Å². The number of nitrogens with one attached hydrogen (secondary N) is 1. The molecular formula is C16H26Cl2N2. The molecule has 0 saturated heterocycles. The van der Waals surface area contributed by atoms with Crippen molar-refractivity contribution in [2.24, 2.45) is 17.2 Å². The number of hydrogen-bond acceptors (Lipinski definition) is 2. The first-order valence-electron chi connectivity index (χ1n) is 7.12. The van der Waals surface area contributed by atoms with Crippen LogP contribution < -0.4 is 11.3 Å². The molecule has 114 valence electrons. The second kappa shape index (κ2) is 7.65. The van der Waals surface area contributed by atoms with E-state index in [0.717, 1.165) is 18.4 Å². The third kappa shape index (κ3) is 6.01. The molecule has 3 N–H and O–H groups in total. The van der Waals surface area contributed by atoms with Crippen LogP contribution in [0.2, 0.25) is 10.0 Å². The molecule has 1 rings (SSSR count). The van der Waals surface area contributed by atoms with Gasteiger partial charge < -0.3 is 0 Å². The first kappa shape index (κ1) is 17.8. The van der Waals surface area contributed by atoms with Gasteiger partial charge in [0.25, 0.3) is 0 Å². The van der Waals surface area contributed by atoms with E-state index in [1.165, 1.54) is 6.42 Å². The minimum Gasteiger partial charge on any atom is -0.271 e. The predicted octanol–water partition coefficient (Wildman–Crippen LogP) is 4.83. The third-order valence-corrected chi connectivity index (χ3v) is 4.10. The Bertz CT molecular complexity index is 407. The van der Waals surface area contributed by atoms with E-state index < -0.39 is 0 Å². The molecule has 0 aliphatic rings. The fourth-order valence-electron chi connectivity index (χ4n) is 2.80. The van der Waals surface area contributed by atoms with Crippen molar-refractivity contribution in [1.29, 1.82) is 0 Å². The molecule has 0 radical (unpaired) electrons. The van der Waals surface area contributed by atoms with Gasteiger partial charge in [-0.15, -0.1) is 0 Å². The maximum Gasteiger partial charge on any atom is 0.0453 e. The average molecular weight is 317 g/mol. The number of nitrogens with two attached hydrogens (primary N) is 1. The number of hydrogen-bond donors (Lipinski definition) is 2. The first-order chi connectivity index (χ1) is 9.23. The van der Waals surface area contributed by atoms with Gasteiger partial charge in [-0.3, -0.25) is 11.3 Å². The fourth-order valence-corrected chi connectivity index (χ4v) is 3.35. The molecule has 0 spiro atoms. The molecule has 1 aromatic carbocycles. The van der Waals surface area contributed by atoms with Crippen molar-refractivity contribution in [3.05, 3.63) is 33.8 Å². The lowest BCUT2D eigenvalue weighted by atomic mass is 9.82. The standard InChI is InChI=1S/C16H26Cl2N2/c1-11(10-16(2,3)4)8-12(20-19)9-13-14(17)6-5-7-15(13)18/h5-7,11-12,20H,8-10,19H2,1-4H3. The van der Waals surface area contributed by atoms with Crippen LogP contribution >= 0.6 is 23.2 Å². The molecule has 2 atom stereocenters. The highest BCUT2D eigenvalue weighted by Gasteiger charge is 2.20. The molecule has 0 aliphatic carbocycles. The molecule has 20 heavy (non-hydrogen) atoms. The molecule has 1 aromatic rings. The average Bonchev–Trinajstić information content (AvgIpc) is 2.30. The van der Waals surface area contributed by atoms with Crippen molar-refractivity contribution in [1.82, 2.24) is 5.43 Å². The van der Waals surface area contributed by atoms with Crippen LogP contribution in [0.25, 0.3) is 0 Å². The summed E-state index contributed by atoms with van der Waals surface area (Å²) in [4.78, 5) is 0. The van der Waals surface area contributed by atoms with Crippen LogP contribution in [0.3, 0.4) is 0 Å². The molecule has 2 unspecified atom stereocenters. The van der Waals surface area contributed by atoms with E-state index in [9.17, 15) is 0 Å². The highest BCUT2D eigenvalue weighted by molar-refractivity contribution is 6.35. The van der Waals surface area contributed by atoms with E-state index in [1.807, 2.05) is 18.2 Å². The minimum absolute atomic E-state index is 0.185. The molecular weight excluding hydrogens is 291 g/mol. The molecule has 0 bridgehead atoms. The summed E-state index contributed by atoms with van der Waals surface area (Å²) in [7, 11) is 0. The van der Waals surface area contributed by atoms with Gasteiger partial charge >= 0.3 is 0 Å². The zero-order valence-electron chi connectivity index (χ0n) is 12.8. The molecule has 2 nitrogen and oxygen atoms in total. The Morgan fingerprint density at radius 2 is 1.75 bits per heavy atom. The quantitative estimate of drug-likeness (QED) is 0.582. The van der Waals surface area contributed by atoms with Gasteiger partial charge in [-0.25, -0.2) is 0 Å². The second-order valence-electron chi connectivity index (χ2n) is 6.87. The molecule has 0 fully saturated rings. The van der Waals surface area contributed by atoms with E-state index in [-0.39, 0.29) is 6.04 Å². The summed E-state index contributed by atoms with van der Waals surface area (Å²) in [5.41, 5.74) is 4.21. The smallest absolute Gasteiger partial charge is 0.0453 e. The molecule has 0 aromatic heterocycles. The number of halogens is 2. The monoisotopic (exact) mass is 316 g/mol. The Labute approximate surface area is 133 Å². The third-order valence-electron chi connectivity index (χ3n) is 3.40. The number of rotatable bonds is 6. The summed E-state index contributed by atoms with van der Waals surface area (Å²) in [5.74, 6) is 6.29. The predicted molar refractivity (Wildman–Crippen MR) is 89.1 cm³/mol. The van der Waals surface area contributed by atoms with Crippen LogP contribution in [0, 0.1) is 11.3 Å². The Morgan fingerprint density at radius 3 is 2.20 bits per heavy atom. The molecule has 0 heterocycles. The highest BCUT2D eigenvalue weighted by Crippen LogP contribution is 2.29. The van der Waals surface area contributed by atoms with Gasteiger partial charge in [-0.1, -0.05) is 57.0 Å². The van der Waals surface area contributed by atoms with Gasteiger partial charge in [0, 0.05) is 16.1 Å². The fraction of sp³-hybridized carbons (Fsp3) is 0.625. The van der Waals surface area contributed by atoms with Crippen LogP contribution in [0.15, 0.2) is 18.2 Å². The summed E-state index contributed by atoms with van der Waals surface area (Å²) in [6.45, 7) is 9.06. The van der Waals surface area contributed by atoms with Gasteiger partial charge in [0.05, 0.1) is 0 Å². The van der Waals surface area contributed by atoms with Crippen LogP contribution in [0.4, 0.5) is 0 Å².